The van der Waals surface area contributed by atoms with Crippen LogP contribution in [-0.4, -0.2) is 38.1 Å². The van der Waals surface area contributed by atoms with Gasteiger partial charge in [0.25, 0.3) is 0 Å². The average molecular weight is 370 g/mol. The van der Waals surface area contributed by atoms with Gasteiger partial charge >= 0.3 is 0 Å². The third-order valence-electron chi connectivity index (χ3n) is 7.65. The van der Waals surface area contributed by atoms with Gasteiger partial charge in [-0.25, -0.2) is 0 Å². The van der Waals surface area contributed by atoms with Crippen LogP contribution < -0.4 is 9.47 Å². The van der Waals surface area contributed by atoms with Crippen LogP contribution in [0.3, 0.4) is 0 Å². The van der Waals surface area contributed by atoms with Crippen molar-refractivity contribution in [3.8, 4) is 11.5 Å². The Morgan fingerprint density at radius 2 is 2.00 bits per heavy atom. The summed E-state index contributed by atoms with van der Waals surface area (Å²) in [6, 6.07) is 6.02. The third-order valence-corrected chi connectivity index (χ3v) is 7.65. The van der Waals surface area contributed by atoms with Crippen LogP contribution in [0.25, 0.3) is 0 Å². The molecular formula is C23H31NO3. The van der Waals surface area contributed by atoms with E-state index in [0.29, 0.717) is 11.8 Å². The molecule has 0 radical (unpaired) electrons. The molecular weight excluding hydrogens is 338 g/mol. The molecule has 0 unspecified atom stereocenters. The highest BCUT2D eigenvalue weighted by Crippen LogP contribution is 2.66. The lowest BCUT2D eigenvalue weighted by Crippen LogP contribution is -2.43. The number of ether oxygens (including phenoxy) is 2. The zero-order valence-electron chi connectivity index (χ0n) is 17.0. The topological polar surface area (TPSA) is 38.8 Å². The van der Waals surface area contributed by atoms with Crippen molar-refractivity contribution >= 4 is 5.91 Å². The summed E-state index contributed by atoms with van der Waals surface area (Å²) >= 11 is 0. The first kappa shape index (κ1) is 18.4. The van der Waals surface area contributed by atoms with E-state index in [1.807, 2.05) is 12.1 Å². The minimum atomic E-state index is -0.318. The Labute approximate surface area is 162 Å². The van der Waals surface area contributed by atoms with E-state index < -0.39 is 0 Å². The second-order valence-corrected chi connectivity index (χ2v) is 9.04. The summed E-state index contributed by atoms with van der Waals surface area (Å²) in [6.45, 7) is 10.5. The predicted molar refractivity (Wildman–Crippen MR) is 106 cm³/mol. The number of nitrogens with zero attached hydrogens (tertiary/aromatic N) is 1. The van der Waals surface area contributed by atoms with Gasteiger partial charge in [-0.3, -0.25) is 4.79 Å². The van der Waals surface area contributed by atoms with Gasteiger partial charge in [-0.2, -0.15) is 0 Å². The molecule has 3 fully saturated rings. The molecule has 3 atom stereocenters. The van der Waals surface area contributed by atoms with Crippen molar-refractivity contribution in [2.24, 2.45) is 16.7 Å². The molecule has 0 spiro atoms. The Morgan fingerprint density at radius 1 is 1.22 bits per heavy atom. The largest absolute Gasteiger partial charge is 0.493 e. The number of methoxy groups -OCH3 is 2. The van der Waals surface area contributed by atoms with Crippen molar-refractivity contribution in [3.63, 3.8) is 0 Å². The van der Waals surface area contributed by atoms with Crippen molar-refractivity contribution in [2.45, 2.75) is 45.4 Å². The molecule has 2 aliphatic carbocycles. The number of benzene rings is 1. The number of hydrogen-bond donors (Lipinski definition) is 0. The Hall–Kier alpha value is -1.97. The number of fused-ring (bicyclic) bond motifs is 2. The van der Waals surface area contributed by atoms with Crippen LogP contribution in [0.15, 0.2) is 30.4 Å². The highest BCUT2D eigenvalue weighted by Gasteiger charge is 2.62. The SMILES string of the molecule is C=C1C(C)(C)[C@H]2CC[C@]1(C(=O)N1CC[C@H](c3cccc(OC)c3OC)C1)C2. The maximum Gasteiger partial charge on any atom is 0.232 e. The molecule has 146 valence electrons. The number of rotatable bonds is 4. The highest BCUT2D eigenvalue weighted by atomic mass is 16.5. The molecule has 4 rings (SSSR count). The summed E-state index contributed by atoms with van der Waals surface area (Å²) in [4.78, 5) is 15.7. The normalized spacial score (nSPS) is 31.4. The van der Waals surface area contributed by atoms with E-state index in [2.05, 4.69) is 31.4 Å². The minimum absolute atomic E-state index is 0.0864. The van der Waals surface area contributed by atoms with Gasteiger partial charge in [-0.05, 0) is 43.1 Å². The smallest absolute Gasteiger partial charge is 0.232 e. The summed E-state index contributed by atoms with van der Waals surface area (Å²) in [6.07, 6.45) is 4.08. The van der Waals surface area contributed by atoms with Crippen molar-refractivity contribution in [3.05, 3.63) is 35.9 Å². The van der Waals surface area contributed by atoms with Crippen molar-refractivity contribution in [1.29, 1.82) is 0 Å². The number of likely N-dealkylation sites (tertiary alicyclic amines) is 1. The molecule has 1 amide bonds. The second kappa shape index (κ2) is 6.29. The van der Waals surface area contributed by atoms with Gasteiger partial charge in [-0.1, -0.05) is 38.1 Å². The lowest BCUT2D eigenvalue weighted by atomic mass is 9.68. The van der Waals surface area contributed by atoms with Gasteiger partial charge in [0, 0.05) is 24.6 Å². The van der Waals surface area contributed by atoms with E-state index in [1.165, 1.54) is 5.57 Å². The zero-order chi connectivity index (χ0) is 19.4. The van der Waals surface area contributed by atoms with Crippen LogP contribution in [0.5, 0.6) is 11.5 Å². The van der Waals surface area contributed by atoms with E-state index in [-0.39, 0.29) is 16.7 Å². The third kappa shape index (κ3) is 2.52. The minimum Gasteiger partial charge on any atom is -0.493 e. The summed E-state index contributed by atoms with van der Waals surface area (Å²) in [5.74, 6) is 2.75. The first-order valence-electron chi connectivity index (χ1n) is 10.0. The van der Waals surface area contributed by atoms with Crippen LogP contribution in [0.4, 0.5) is 0 Å². The van der Waals surface area contributed by atoms with Gasteiger partial charge in [0.2, 0.25) is 5.91 Å². The summed E-state index contributed by atoms with van der Waals surface area (Å²) in [5.41, 5.74) is 2.07. The maximum absolute atomic E-state index is 13.6. The fraction of sp³-hybridized carbons (Fsp3) is 0.609. The van der Waals surface area contributed by atoms with E-state index in [1.54, 1.807) is 14.2 Å². The monoisotopic (exact) mass is 369 g/mol. The lowest BCUT2D eigenvalue weighted by Gasteiger charge is -2.39. The van der Waals surface area contributed by atoms with Gasteiger partial charge in [-0.15, -0.1) is 0 Å². The summed E-state index contributed by atoms with van der Waals surface area (Å²) < 4.78 is 11.1. The Bertz CT molecular complexity index is 784. The van der Waals surface area contributed by atoms with E-state index in [4.69, 9.17) is 9.47 Å². The first-order chi connectivity index (χ1) is 12.8. The molecule has 2 bridgehead atoms. The van der Waals surface area contributed by atoms with E-state index in [0.717, 1.165) is 55.8 Å². The van der Waals surface area contributed by atoms with E-state index >= 15 is 0 Å². The van der Waals surface area contributed by atoms with Crippen LogP contribution in [0, 0.1) is 16.7 Å². The van der Waals surface area contributed by atoms with Crippen LogP contribution in [0.2, 0.25) is 0 Å². The predicted octanol–water partition coefficient (Wildman–Crippen LogP) is 4.40. The maximum atomic E-state index is 13.6. The molecule has 1 saturated heterocycles. The van der Waals surface area contributed by atoms with Gasteiger partial charge in [0.15, 0.2) is 11.5 Å². The average Bonchev–Trinajstić information content (AvgIpc) is 3.37. The number of carbonyl (C=O) groups excluding carboxylic acids is 1. The molecule has 4 nitrogen and oxygen atoms in total. The molecule has 2 saturated carbocycles. The lowest BCUT2D eigenvalue weighted by molar-refractivity contribution is -0.138. The quantitative estimate of drug-likeness (QED) is 0.738. The Balaban J connectivity index is 1.56. The molecule has 0 N–H and O–H groups in total. The van der Waals surface area contributed by atoms with Gasteiger partial charge < -0.3 is 14.4 Å². The Kier molecular flexibility index (Phi) is 4.28. The van der Waals surface area contributed by atoms with Gasteiger partial charge in [0.05, 0.1) is 19.6 Å². The highest BCUT2D eigenvalue weighted by molar-refractivity contribution is 5.88. The van der Waals surface area contributed by atoms with Crippen LogP contribution in [0.1, 0.15) is 51.0 Å². The molecule has 3 aliphatic rings. The van der Waals surface area contributed by atoms with Crippen molar-refractivity contribution in [1.82, 2.24) is 4.90 Å². The van der Waals surface area contributed by atoms with E-state index in [9.17, 15) is 4.79 Å². The zero-order valence-corrected chi connectivity index (χ0v) is 17.0. The van der Waals surface area contributed by atoms with Crippen molar-refractivity contribution in [2.75, 3.05) is 27.3 Å². The number of hydrogen-bond acceptors (Lipinski definition) is 3. The number of amides is 1. The Morgan fingerprint density at radius 3 is 2.63 bits per heavy atom. The van der Waals surface area contributed by atoms with Crippen LogP contribution in [-0.2, 0) is 4.79 Å². The molecule has 4 heteroatoms. The van der Waals surface area contributed by atoms with Gasteiger partial charge in [0.1, 0.15) is 0 Å². The molecule has 1 aromatic carbocycles. The second-order valence-electron chi connectivity index (χ2n) is 9.04. The standard InChI is InChI=1S/C23H31NO3/c1-15-22(2,3)17-9-11-23(15,13-17)21(25)24-12-10-16(14-24)18-7-6-8-19(26-4)20(18)27-5/h6-8,16-17H,1,9-14H2,2-5H3/t16-,17-,23-/m0/s1. The fourth-order valence-electron chi connectivity index (χ4n) is 5.86. The fourth-order valence-corrected chi connectivity index (χ4v) is 5.86. The molecule has 27 heavy (non-hydrogen) atoms. The molecule has 1 heterocycles. The molecule has 1 aromatic rings. The molecule has 1 aliphatic heterocycles. The summed E-state index contributed by atoms with van der Waals surface area (Å²) in [5, 5.41) is 0. The van der Waals surface area contributed by atoms with Crippen molar-refractivity contribution < 1.29 is 14.3 Å². The molecule has 0 aromatic heterocycles. The summed E-state index contributed by atoms with van der Waals surface area (Å²) in [7, 11) is 3.34. The van der Waals surface area contributed by atoms with Crippen LogP contribution >= 0.6 is 0 Å². The first-order valence-corrected chi connectivity index (χ1v) is 10.0. The number of para-hydroxylation sites is 1. The number of carbonyl (C=O) groups is 1.